The largest absolute Gasteiger partial charge is 0.298 e. The topological polar surface area (TPSA) is 17.1 Å². The number of carbonyl (C=O) groups excluding carboxylic acids is 1. The van der Waals surface area contributed by atoms with Crippen LogP contribution in [0, 0.1) is 0 Å². The van der Waals surface area contributed by atoms with Gasteiger partial charge < -0.3 is 0 Å². The molecule has 16 heavy (non-hydrogen) atoms. The molecule has 0 atom stereocenters. The van der Waals surface area contributed by atoms with Gasteiger partial charge in [0.1, 0.15) is 0 Å². The van der Waals surface area contributed by atoms with Gasteiger partial charge in [0.25, 0.3) is 0 Å². The van der Waals surface area contributed by atoms with Gasteiger partial charge in [0.2, 0.25) is 0 Å². The number of carbonyl (C=O) groups is 1. The standard InChI is InChI=1S/C15H12O/c1-12(13-7-3-2-4-8-13)15-10-6-5-9-14(15)11-16/h2-11H,1H2. The predicted octanol–water partition coefficient (Wildman–Crippen LogP) is 3.56. The maximum atomic E-state index is 10.9. The Balaban J connectivity index is 2.46. The fourth-order valence-electron chi connectivity index (χ4n) is 1.67. The van der Waals surface area contributed by atoms with Crippen LogP contribution in [0.1, 0.15) is 21.5 Å². The lowest BCUT2D eigenvalue weighted by atomic mass is 9.96. The van der Waals surface area contributed by atoms with E-state index in [1.807, 2.05) is 48.5 Å². The molecule has 0 N–H and O–H groups in total. The zero-order chi connectivity index (χ0) is 11.4. The molecule has 0 heterocycles. The summed E-state index contributed by atoms with van der Waals surface area (Å²) in [6.45, 7) is 4.04. The third kappa shape index (κ3) is 1.94. The fourth-order valence-corrected chi connectivity index (χ4v) is 1.67. The van der Waals surface area contributed by atoms with Crippen LogP contribution in [0.15, 0.2) is 61.2 Å². The van der Waals surface area contributed by atoms with Crippen molar-refractivity contribution in [3.05, 3.63) is 77.9 Å². The van der Waals surface area contributed by atoms with Gasteiger partial charge in [0.05, 0.1) is 0 Å². The van der Waals surface area contributed by atoms with Crippen LogP contribution < -0.4 is 0 Å². The Bertz CT molecular complexity index is 512. The van der Waals surface area contributed by atoms with Crippen LogP contribution in [0.3, 0.4) is 0 Å². The highest BCUT2D eigenvalue weighted by molar-refractivity contribution is 5.89. The van der Waals surface area contributed by atoms with Crippen molar-refractivity contribution < 1.29 is 4.79 Å². The van der Waals surface area contributed by atoms with Crippen LogP contribution >= 0.6 is 0 Å². The quantitative estimate of drug-likeness (QED) is 0.705. The van der Waals surface area contributed by atoms with Crippen LogP contribution in [0.4, 0.5) is 0 Å². The van der Waals surface area contributed by atoms with Crippen LogP contribution in [0.25, 0.3) is 5.57 Å². The van der Waals surface area contributed by atoms with E-state index >= 15 is 0 Å². The second kappa shape index (κ2) is 4.58. The first-order chi connectivity index (χ1) is 7.83. The number of hydrogen-bond acceptors (Lipinski definition) is 1. The predicted molar refractivity (Wildman–Crippen MR) is 66.4 cm³/mol. The van der Waals surface area contributed by atoms with Crippen molar-refractivity contribution in [1.82, 2.24) is 0 Å². The lowest BCUT2D eigenvalue weighted by Gasteiger charge is -2.08. The second-order valence-electron chi connectivity index (χ2n) is 3.55. The van der Waals surface area contributed by atoms with Gasteiger partial charge in [-0.05, 0) is 16.7 Å². The summed E-state index contributed by atoms with van der Waals surface area (Å²) in [7, 11) is 0. The molecule has 0 saturated heterocycles. The van der Waals surface area contributed by atoms with E-state index in [4.69, 9.17) is 0 Å². The van der Waals surface area contributed by atoms with Crippen molar-refractivity contribution in [2.45, 2.75) is 0 Å². The van der Waals surface area contributed by atoms with Gasteiger partial charge in [0.15, 0.2) is 6.29 Å². The molecule has 0 aromatic heterocycles. The van der Waals surface area contributed by atoms with E-state index in [-0.39, 0.29) is 0 Å². The molecule has 1 heteroatoms. The smallest absolute Gasteiger partial charge is 0.150 e. The SMILES string of the molecule is C=C(c1ccccc1)c1ccccc1C=O. The molecule has 0 spiro atoms. The summed E-state index contributed by atoms with van der Waals surface area (Å²) < 4.78 is 0. The highest BCUT2D eigenvalue weighted by Gasteiger charge is 2.05. The minimum absolute atomic E-state index is 0.677. The summed E-state index contributed by atoms with van der Waals surface area (Å²) in [4.78, 5) is 10.9. The minimum atomic E-state index is 0.677. The molecule has 0 saturated carbocycles. The van der Waals surface area contributed by atoms with Crippen molar-refractivity contribution in [1.29, 1.82) is 0 Å². The summed E-state index contributed by atoms with van der Waals surface area (Å²) in [5.41, 5.74) is 3.49. The molecule has 0 unspecified atom stereocenters. The van der Waals surface area contributed by atoms with Crippen molar-refractivity contribution >= 4 is 11.9 Å². The highest BCUT2D eigenvalue weighted by Crippen LogP contribution is 2.23. The molecular formula is C15H12O. The van der Waals surface area contributed by atoms with Gasteiger partial charge in [-0.2, -0.15) is 0 Å². The molecule has 0 aliphatic heterocycles. The second-order valence-corrected chi connectivity index (χ2v) is 3.55. The Labute approximate surface area is 95.1 Å². The van der Waals surface area contributed by atoms with E-state index in [1.165, 1.54) is 0 Å². The molecule has 1 nitrogen and oxygen atoms in total. The summed E-state index contributed by atoms with van der Waals surface area (Å²) in [6.07, 6.45) is 0.865. The van der Waals surface area contributed by atoms with Crippen molar-refractivity contribution in [2.75, 3.05) is 0 Å². The Morgan fingerprint density at radius 1 is 0.938 bits per heavy atom. The minimum Gasteiger partial charge on any atom is -0.298 e. The Morgan fingerprint density at radius 3 is 2.25 bits per heavy atom. The van der Waals surface area contributed by atoms with E-state index in [1.54, 1.807) is 6.07 Å². The normalized spacial score (nSPS) is 9.75. The molecule has 0 aliphatic rings. The fraction of sp³-hybridized carbons (Fsp3) is 0. The monoisotopic (exact) mass is 208 g/mol. The van der Waals surface area contributed by atoms with Gasteiger partial charge in [-0.1, -0.05) is 61.2 Å². The molecule has 2 aromatic rings. The maximum absolute atomic E-state index is 10.9. The van der Waals surface area contributed by atoms with Crippen LogP contribution in [0.2, 0.25) is 0 Å². The molecule has 78 valence electrons. The average molecular weight is 208 g/mol. The van der Waals surface area contributed by atoms with Crippen molar-refractivity contribution in [3.8, 4) is 0 Å². The average Bonchev–Trinajstić information content (AvgIpc) is 2.39. The summed E-state index contributed by atoms with van der Waals surface area (Å²) in [5, 5.41) is 0. The van der Waals surface area contributed by atoms with Crippen LogP contribution in [0.5, 0.6) is 0 Å². The Hall–Kier alpha value is -2.15. The number of hydrogen-bond donors (Lipinski definition) is 0. The maximum Gasteiger partial charge on any atom is 0.150 e. The molecule has 2 rings (SSSR count). The van der Waals surface area contributed by atoms with Gasteiger partial charge in [-0.25, -0.2) is 0 Å². The summed E-state index contributed by atoms with van der Waals surface area (Å²) in [6, 6.07) is 17.3. The van der Waals surface area contributed by atoms with Gasteiger partial charge in [-0.3, -0.25) is 4.79 Å². The molecule has 0 bridgehead atoms. The number of benzene rings is 2. The molecular weight excluding hydrogens is 196 g/mol. The lowest BCUT2D eigenvalue weighted by Crippen LogP contribution is -1.92. The third-order valence-corrected chi connectivity index (χ3v) is 2.54. The first-order valence-corrected chi connectivity index (χ1v) is 5.12. The van der Waals surface area contributed by atoms with E-state index < -0.39 is 0 Å². The van der Waals surface area contributed by atoms with Gasteiger partial charge in [0, 0.05) is 5.56 Å². The molecule has 0 amide bonds. The van der Waals surface area contributed by atoms with Gasteiger partial charge in [-0.15, -0.1) is 0 Å². The Morgan fingerprint density at radius 2 is 1.56 bits per heavy atom. The number of aldehydes is 1. The first kappa shape index (κ1) is 10.4. The zero-order valence-corrected chi connectivity index (χ0v) is 8.89. The lowest BCUT2D eigenvalue weighted by molar-refractivity contribution is 0.112. The van der Waals surface area contributed by atoms with E-state index in [9.17, 15) is 4.79 Å². The first-order valence-electron chi connectivity index (χ1n) is 5.12. The zero-order valence-electron chi connectivity index (χ0n) is 8.89. The van der Waals surface area contributed by atoms with Crippen molar-refractivity contribution in [3.63, 3.8) is 0 Å². The Kier molecular flexibility index (Phi) is 2.97. The van der Waals surface area contributed by atoms with Crippen LogP contribution in [-0.4, -0.2) is 6.29 Å². The molecule has 0 aliphatic carbocycles. The third-order valence-electron chi connectivity index (χ3n) is 2.54. The van der Waals surface area contributed by atoms with E-state index in [0.29, 0.717) is 5.56 Å². The van der Waals surface area contributed by atoms with Gasteiger partial charge >= 0.3 is 0 Å². The van der Waals surface area contributed by atoms with Crippen LogP contribution in [-0.2, 0) is 0 Å². The highest BCUT2D eigenvalue weighted by atomic mass is 16.1. The summed E-state index contributed by atoms with van der Waals surface area (Å²) in [5.74, 6) is 0. The summed E-state index contributed by atoms with van der Waals surface area (Å²) >= 11 is 0. The molecule has 2 aromatic carbocycles. The van der Waals surface area contributed by atoms with E-state index in [0.717, 1.165) is 23.0 Å². The molecule has 0 fully saturated rings. The van der Waals surface area contributed by atoms with E-state index in [2.05, 4.69) is 6.58 Å². The number of rotatable bonds is 3. The molecule has 0 radical (unpaired) electrons. The van der Waals surface area contributed by atoms with Crippen molar-refractivity contribution in [2.24, 2.45) is 0 Å².